The van der Waals surface area contributed by atoms with Crippen molar-refractivity contribution in [2.24, 2.45) is 5.73 Å². The lowest BCUT2D eigenvalue weighted by atomic mass is 10.0. The van der Waals surface area contributed by atoms with Gasteiger partial charge in [0.15, 0.2) is 28.8 Å². The van der Waals surface area contributed by atoms with Crippen molar-refractivity contribution in [2.75, 3.05) is 28.4 Å². The fourth-order valence-corrected chi connectivity index (χ4v) is 2.94. The molecule has 8 heteroatoms. The van der Waals surface area contributed by atoms with Crippen molar-refractivity contribution < 1.29 is 33.6 Å². The maximum atomic E-state index is 12.7. The SMILES string of the molecule is COc1ccc(/C=C/C(=O)/C(CC(N)=O)=C(O)/C=C/c2ccc(OC)c(OC)c2)cc1OC. The van der Waals surface area contributed by atoms with Crippen LogP contribution >= 0.6 is 0 Å². The summed E-state index contributed by atoms with van der Waals surface area (Å²) in [5.41, 5.74) is 6.50. The van der Waals surface area contributed by atoms with Gasteiger partial charge in [-0.3, -0.25) is 9.59 Å². The standard InChI is InChI=1S/C25H27NO7/c1-30-21-11-7-16(13-23(21)32-3)5-9-19(27)18(15-25(26)29)20(28)10-6-17-8-12-22(31-2)24(14-17)33-4/h5-14,27H,15H2,1-4H3,(H2,26,29)/b9-5+,10-6+,19-18-. The predicted molar refractivity (Wildman–Crippen MR) is 126 cm³/mol. The molecule has 33 heavy (non-hydrogen) atoms. The van der Waals surface area contributed by atoms with E-state index in [1.54, 1.807) is 42.5 Å². The van der Waals surface area contributed by atoms with E-state index in [2.05, 4.69) is 0 Å². The first-order valence-corrected chi connectivity index (χ1v) is 9.87. The maximum Gasteiger partial charge on any atom is 0.222 e. The van der Waals surface area contributed by atoms with Crippen LogP contribution in [0.2, 0.25) is 0 Å². The van der Waals surface area contributed by atoms with Crippen LogP contribution in [-0.4, -0.2) is 45.2 Å². The normalized spacial score (nSPS) is 11.9. The van der Waals surface area contributed by atoms with Gasteiger partial charge in [-0.15, -0.1) is 0 Å². The second-order valence-electron chi connectivity index (χ2n) is 6.77. The zero-order chi connectivity index (χ0) is 24.4. The van der Waals surface area contributed by atoms with Gasteiger partial charge < -0.3 is 29.8 Å². The fourth-order valence-electron chi connectivity index (χ4n) is 2.94. The number of aliphatic hydroxyl groups is 1. The summed E-state index contributed by atoms with van der Waals surface area (Å²) in [4.78, 5) is 24.2. The molecule has 174 valence electrons. The summed E-state index contributed by atoms with van der Waals surface area (Å²) in [6.07, 6.45) is 5.26. The zero-order valence-electron chi connectivity index (χ0n) is 19.0. The van der Waals surface area contributed by atoms with Gasteiger partial charge in [-0.1, -0.05) is 24.3 Å². The topological polar surface area (TPSA) is 117 Å². The summed E-state index contributed by atoms with van der Waals surface area (Å²) in [5, 5.41) is 10.5. The molecule has 0 fully saturated rings. The van der Waals surface area contributed by atoms with Crippen LogP contribution in [0.15, 0.2) is 59.9 Å². The summed E-state index contributed by atoms with van der Waals surface area (Å²) < 4.78 is 20.9. The Hall–Kier alpha value is -4.20. The predicted octanol–water partition coefficient (Wildman–Crippen LogP) is 3.70. The van der Waals surface area contributed by atoms with Gasteiger partial charge in [0.1, 0.15) is 5.76 Å². The van der Waals surface area contributed by atoms with Crippen LogP contribution in [0.3, 0.4) is 0 Å². The highest BCUT2D eigenvalue weighted by molar-refractivity contribution is 6.09. The molecule has 1 amide bonds. The lowest BCUT2D eigenvalue weighted by Crippen LogP contribution is -2.15. The van der Waals surface area contributed by atoms with Gasteiger partial charge in [0.2, 0.25) is 5.91 Å². The van der Waals surface area contributed by atoms with Crippen LogP contribution in [0, 0.1) is 0 Å². The third kappa shape index (κ3) is 6.90. The number of ether oxygens (including phenoxy) is 4. The van der Waals surface area contributed by atoms with E-state index in [-0.39, 0.29) is 11.3 Å². The molecular formula is C25H27NO7. The number of hydrogen-bond donors (Lipinski definition) is 2. The molecule has 0 bridgehead atoms. The number of benzene rings is 2. The van der Waals surface area contributed by atoms with Gasteiger partial charge in [-0.2, -0.15) is 0 Å². The van der Waals surface area contributed by atoms with Gasteiger partial charge in [0.05, 0.1) is 40.4 Å². The first-order chi connectivity index (χ1) is 15.8. The number of hydrogen-bond acceptors (Lipinski definition) is 7. The first kappa shape index (κ1) is 25.1. The molecule has 0 atom stereocenters. The number of rotatable bonds is 11. The molecule has 0 unspecified atom stereocenters. The second kappa shape index (κ2) is 12.0. The maximum absolute atomic E-state index is 12.7. The molecule has 0 saturated heterocycles. The van der Waals surface area contributed by atoms with Crippen molar-refractivity contribution in [3.8, 4) is 23.0 Å². The van der Waals surface area contributed by atoms with Crippen LogP contribution in [0.4, 0.5) is 0 Å². The van der Waals surface area contributed by atoms with Crippen LogP contribution in [0.25, 0.3) is 12.2 Å². The minimum Gasteiger partial charge on any atom is -0.508 e. The van der Waals surface area contributed by atoms with E-state index >= 15 is 0 Å². The molecule has 0 aliphatic rings. The lowest BCUT2D eigenvalue weighted by Gasteiger charge is -2.08. The molecule has 2 aromatic rings. The molecule has 0 spiro atoms. The monoisotopic (exact) mass is 453 g/mol. The number of amides is 1. The number of aliphatic hydroxyl groups excluding tert-OH is 1. The van der Waals surface area contributed by atoms with Gasteiger partial charge >= 0.3 is 0 Å². The third-order valence-corrected chi connectivity index (χ3v) is 4.63. The largest absolute Gasteiger partial charge is 0.508 e. The second-order valence-corrected chi connectivity index (χ2v) is 6.77. The highest BCUT2D eigenvalue weighted by Gasteiger charge is 2.15. The molecule has 0 saturated carbocycles. The number of carbonyl (C=O) groups is 2. The Morgan fingerprint density at radius 1 is 0.788 bits per heavy atom. The van der Waals surface area contributed by atoms with E-state index < -0.39 is 18.1 Å². The zero-order valence-corrected chi connectivity index (χ0v) is 19.0. The van der Waals surface area contributed by atoms with E-state index in [0.717, 1.165) is 0 Å². The Balaban J connectivity index is 2.31. The Labute approximate surface area is 192 Å². The summed E-state index contributed by atoms with van der Waals surface area (Å²) in [7, 11) is 6.07. The average Bonchev–Trinajstić information content (AvgIpc) is 2.83. The number of nitrogens with two attached hydrogens (primary N) is 1. The third-order valence-electron chi connectivity index (χ3n) is 4.63. The van der Waals surface area contributed by atoms with E-state index in [4.69, 9.17) is 24.7 Å². The van der Waals surface area contributed by atoms with E-state index in [1.165, 1.54) is 46.7 Å². The number of primary amides is 1. The van der Waals surface area contributed by atoms with Crippen molar-refractivity contribution >= 4 is 23.8 Å². The van der Waals surface area contributed by atoms with Crippen molar-refractivity contribution in [1.29, 1.82) is 0 Å². The summed E-state index contributed by atoms with van der Waals surface area (Å²) >= 11 is 0. The smallest absolute Gasteiger partial charge is 0.222 e. The number of ketones is 1. The lowest BCUT2D eigenvalue weighted by molar-refractivity contribution is -0.119. The van der Waals surface area contributed by atoms with Crippen LogP contribution in [0.1, 0.15) is 17.5 Å². The van der Waals surface area contributed by atoms with Crippen molar-refractivity contribution in [3.63, 3.8) is 0 Å². The molecule has 0 radical (unpaired) electrons. The molecule has 0 aliphatic heterocycles. The first-order valence-electron chi connectivity index (χ1n) is 9.87. The van der Waals surface area contributed by atoms with Crippen LogP contribution < -0.4 is 24.7 Å². The Kier molecular flexibility index (Phi) is 9.11. The van der Waals surface area contributed by atoms with E-state index in [1.807, 2.05) is 0 Å². The average molecular weight is 453 g/mol. The van der Waals surface area contributed by atoms with E-state index in [9.17, 15) is 14.7 Å². The van der Waals surface area contributed by atoms with Crippen LogP contribution in [0.5, 0.6) is 23.0 Å². The Morgan fingerprint density at radius 2 is 1.24 bits per heavy atom. The highest BCUT2D eigenvalue weighted by atomic mass is 16.5. The molecule has 3 N–H and O–H groups in total. The Morgan fingerprint density at radius 3 is 1.67 bits per heavy atom. The van der Waals surface area contributed by atoms with Gasteiger partial charge in [-0.05, 0) is 47.5 Å². The van der Waals surface area contributed by atoms with Gasteiger partial charge in [0.25, 0.3) is 0 Å². The summed E-state index contributed by atoms with van der Waals surface area (Å²) in [5.74, 6) is 0.440. The number of carbonyl (C=O) groups excluding carboxylic acids is 2. The minimum absolute atomic E-state index is 0.129. The van der Waals surface area contributed by atoms with Crippen molar-refractivity contribution in [3.05, 3.63) is 71.0 Å². The van der Waals surface area contributed by atoms with Gasteiger partial charge in [-0.25, -0.2) is 0 Å². The van der Waals surface area contributed by atoms with Crippen molar-refractivity contribution in [2.45, 2.75) is 6.42 Å². The molecule has 2 rings (SSSR count). The number of methoxy groups -OCH3 is 4. The van der Waals surface area contributed by atoms with Gasteiger partial charge in [0, 0.05) is 0 Å². The molecule has 0 aliphatic carbocycles. The molecule has 8 nitrogen and oxygen atoms in total. The van der Waals surface area contributed by atoms with E-state index in [0.29, 0.717) is 34.1 Å². The Bertz CT molecular complexity index is 1100. The van der Waals surface area contributed by atoms with Crippen molar-refractivity contribution in [1.82, 2.24) is 0 Å². The quantitative estimate of drug-likeness (QED) is 0.303. The number of allylic oxidation sites excluding steroid dienone is 2. The highest BCUT2D eigenvalue weighted by Crippen LogP contribution is 2.29. The molecule has 0 aromatic heterocycles. The fraction of sp³-hybridized carbons (Fsp3) is 0.200. The summed E-state index contributed by atoms with van der Waals surface area (Å²) in [6, 6.07) is 10.3. The molecule has 2 aromatic carbocycles. The summed E-state index contributed by atoms with van der Waals surface area (Å²) in [6.45, 7) is 0. The molecule has 0 heterocycles. The molecular weight excluding hydrogens is 426 g/mol. The van der Waals surface area contributed by atoms with Crippen LogP contribution in [-0.2, 0) is 9.59 Å². The minimum atomic E-state index is -0.746.